The minimum Gasteiger partial charge on any atom is -0.361 e. The van der Waals surface area contributed by atoms with Gasteiger partial charge in [-0.1, -0.05) is 12.1 Å². The highest BCUT2D eigenvalue weighted by atomic mass is 16.2. The summed E-state index contributed by atoms with van der Waals surface area (Å²) in [6, 6.07) is 9.42. The highest BCUT2D eigenvalue weighted by Gasteiger charge is 2.41. The Hall–Kier alpha value is -2.83. The predicted octanol–water partition coefficient (Wildman–Crippen LogP) is 1.76. The molecule has 1 aromatic carbocycles. The van der Waals surface area contributed by atoms with Gasteiger partial charge >= 0.3 is 0 Å². The van der Waals surface area contributed by atoms with Gasteiger partial charge in [0.1, 0.15) is 5.66 Å². The smallest absolute Gasteiger partial charge is 0.255 e. The molecule has 2 aliphatic rings. The number of nitrogens with one attached hydrogen (secondary N) is 2. The molecule has 3 heterocycles. The number of nitrogens with zero attached hydrogens (tertiary/aromatic N) is 3. The van der Waals surface area contributed by atoms with Crippen LogP contribution in [0.25, 0.3) is 0 Å². The normalized spacial score (nSPS) is 21.9. The minimum absolute atomic E-state index is 0.0826. The molecule has 7 heteroatoms. The topological polar surface area (TPSA) is 79.3 Å². The molecular formula is C19H23N5O2. The number of anilines is 1. The van der Waals surface area contributed by atoms with Gasteiger partial charge in [-0.3, -0.25) is 14.3 Å². The second-order valence-corrected chi connectivity index (χ2v) is 7.07. The van der Waals surface area contributed by atoms with E-state index in [2.05, 4.69) is 15.7 Å². The number of carbonyl (C=O) groups is 2. The van der Waals surface area contributed by atoms with E-state index in [-0.39, 0.29) is 11.8 Å². The Bertz CT molecular complexity index is 846. The lowest BCUT2D eigenvalue weighted by Gasteiger charge is -2.46. The summed E-state index contributed by atoms with van der Waals surface area (Å²) in [7, 11) is 0. The van der Waals surface area contributed by atoms with Crippen LogP contribution in [0, 0.1) is 6.92 Å². The Labute approximate surface area is 152 Å². The van der Waals surface area contributed by atoms with Crippen molar-refractivity contribution in [3.8, 4) is 0 Å². The van der Waals surface area contributed by atoms with Crippen LogP contribution in [-0.4, -0.2) is 45.2 Å². The Balaban J connectivity index is 1.45. The summed E-state index contributed by atoms with van der Waals surface area (Å²) in [5.41, 5.74) is 1.94. The minimum atomic E-state index is -0.582. The number of aromatic nitrogens is 2. The molecule has 0 aliphatic carbocycles. The summed E-state index contributed by atoms with van der Waals surface area (Å²) >= 11 is 0. The molecule has 1 spiro atoms. The van der Waals surface area contributed by atoms with E-state index in [9.17, 15) is 9.59 Å². The number of para-hydroxylation sites is 1. The first-order valence-corrected chi connectivity index (χ1v) is 9.02. The van der Waals surface area contributed by atoms with Gasteiger partial charge in [-0.2, -0.15) is 5.10 Å². The summed E-state index contributed by atoms with van der Waals surface area (Å²) < 4.78 is 1.84. The molecule has 7 nitrogen and oxygen atoms in total. The number of piperidine rings is 1. The molecule has 0 radical (unpaired) electrons. The van der Waals surface area contributed by atoms with E-state index in [4.69, 9.17) is 0 Å². The van der Waals surface area contributed by atoms with Gasteiger partial charge in [0, 0.05) is 37.1 Å². The maximum atomic E-state index is 12.7. The molecule has 1 unspecified atom stereocenters. The number of rotatable bonds is 3. The molecule has 1 saturated heterocycles. The standard InChI is InChI=1S/C19H23N5O2/c1-14-7-10-20-24(14)12-8-17(25)23-11-4-9-19(13-23)21-16-6-3-2-5-15(16)18(26)22-19/h2-3,5-7,10,21H,4,8-9,11-13H2,1H3,(H,22,26). The van der Waals surface area contributed by atoms with Gasteiger partial charge in [-0.15, -0.1) is 0 Å². The van der Waals surface area contributed by atoms with Crippen LogP contribution in [0.5, 0.6) is 0 Å². The fourth-order valence-corrected chi connectivity index (χ4v) is 3.83. The molecule has 2 aromatic rings. The lowest BCUT2D eigenvalue weighted by atomic mass is 9.93. The lowest BCUT2D eigenvalue weighted by Crippen LogP contribution is -2.66. The molecule has 1 atom stereocenters. The number of hydrogen-bond acceptors (Lipinski definition) is 4. The molecule has 26 heavy (non-hydrogen) atoms. The first-order valence-electron chi connectivity index (χ1n) is 9.02. The number of benzene rings is 1. The van der Waals surface area contributed by atoms with Crippen LogP contribution in [0.15, 0.2) is 36.5 Å². The van der Waals surface area contributed by atoms with Gasteiger partial charge < -0.3 is 15.5 Å². The van der Waals surface area contributed by atoms with Crippen LogP contribution in [0.4, 0.5) is 5.69 Å². The largest absolute Gasteiger partial charge is 0.361 e. The first kappa shape index (κ1) is 16.6. The Morgan fingerprint density at radius 2 is 2.12 bits per heavy atom. The molecular weight excluding hydrogens is 330 g/mol. The number of aryl methyl sites for hydroxylation is 2. The highest BCUT2D eigenvalue weighted by molar-refractivity contribution is 6.02. The van der Waals surface area contributed by atoms with E-state index >= 15 is 0 Å². The maximum Gasteiger partial charge on any atom is 0.255 e. The quantitative estimate of drug-likeness (QED) is 0.881. The van der Waals surface area contributed by atoms with Gasteiger partial charge in [-0.25, -0.2) is 0 Å². The zero-order valence-corrected chi connectivity index (χ0v) is 14.9. The maximum absolute atomic E-state index is 12.7. The van der Waals surface area contributed by atoms with Crippen LogP contribution in [0.1, 0.15) is 35.3 Å². The van der Waals surface area contributed by atoms with Crippen molar-refractivity contribution in [2.75, 3.05) is 18.4 Å². The first-order chi connectivity index (χ1) is 12.6. The molecule has 1 aromatic heterocycles. The van der Waals surface area contributed by atoms with Gasteiger partial charge in [0.2, 0.25) is 5.91 Å². The Morgan fingerprint density at radius 1 is 1.27 bits per heavy atom. The van der Waals surface area contributed by atoms with Crippen molar-refractivity contribution in [1.29, 1.82) is 0 Å². The fourth-order valence-electron chi connectivity index (χ4n) is 3.83. The van der Waals surface area contributed by atoms with Crippen molar-refractivity contribution in [1.82, 2.24) is 20.0 Å². The monoisotopic (exact) mass is 353 g/mol. The number of fused-ring (bicyclic) bond motifs is 1. The van der Waals surface area contributed by atoms with Crippen molar-refractivity contribution in [3.63, 3.8) is 0 Å². The van der Waals surface area contributed by atoms with Gasteiger partial charge in [0.15, 0.2) is 0 Å². The number of amides is 2. The molecule has 2 aliphatic heterocycles. The van der Waals surface area contributed by atoms with Crippen molar-refractivity contribution in [2.24, 2.45) is 0 Å². The molecule has 0 bridgehead atoms. The molecule has 136 valence electrons. The third kappa shape index (κ3) is 3.05. The molecule has 1 fully saturated rings. The molecule has 2 amide bonds. The predicted molar refractivity (Wildman–Crippen MR) is 97.7 cm³/mol. The number of hydrogen-bond donors (Lipinski definition) is 2. The summed E-state index contributed by atoms with van der Waals surface area (Å²) in [5.74, 6) is 0.00898. The second kappa shape index (κ2) is 6.48. The number of likely N-dealkylation sites (tertiary alicyclic amines) is 1. The van der Waals surface area contributed by atoms with Crippen LogP contribution in [0.2, 0.25) is 0 Å². The van der Waals surface area contributed by atoms with Crippen molar-refractivity contribution in [3.05, 3.63) is 47.8 Å². The third-order valence-corrected chi connectivity index (χ3v) is 5.21. The van der Waals surface area contributed by atoms with E-state index in [0.717, 1.165) is 30.8 Å². The zero-order chi connectivity index (χ0) is 18.1. The molecule has 0 saturated carbocycles. The van der Waals surface area contributed by atoms with Crippen molar-refractivity contribution < 1.29 is 9.59 Å². The van der Waals surface area contributed by atoms with Crippen molar-refractivity contribution in [2.45, 2.75) is 38.4 Å². The van der Waals surface area contributed by atoms with E-state index in [1.165, 1.54) is 0 Å². The van der Waals surface area contributed by atoms with E-state index in [1.54, 1.807) is 6.20 Å². The van der Waals surface area contributed by atoms with Crippen LogP contribution in [0.3, 0.4) is 0 Å². The second-order valence-electron chi connectivity index (χ2n) is 7.07. The number of carbonyl (C=O) groups excluding carboxylic acids is 2. The summed E-state index contributed by atoms with van der Waals surface area (Å²) in [6.07, 6.45) is 3.80. The molecule has 2 N–H and O–H groups in total. The summed E-state index contributed by atoms with van der Waals surface area (Å²) in [5, 5.41) is 10.8. The van der Waals surface area contributed by atoms with Crippen LogP contribution in [-0.2, 0) is 11.3 Å². The fraction of sp³-hybridized carbons (Fsp3) is 0.421. The van der Waals surface area contributed by atoms with E-state index < -0.39 is 5.66 Å². The van der Waals surface area contributed by atoms with Crippen LogP contribution >= 0.6 is 0 Å². The van der Waals surface area contributed by atoms with E-state index in [0.29, 0.717) is 25.1 Å². The van der Waals surface area contributed by atoms with Gasteiger partial charge in [0.05, 0.1) is 12.1 Å². The highest BCUT2D eigenvalue weighted by Crippen LogP contribution is 2.30. The van der Waals surface area contributed by atoms with Gasteiger partial charge in [-0.05, 0) is 38.0 Å². The summed E-state index contributed by atoms with van der Waals surface area (Å²) in [4.78, 5) is 27.0. The SMILES string of the molecule is Cc1ccnn1CCC(=O)N1CCCC2(C1)NC(=O)c1ccccc1N2. The van der Waals surface area contributed by atoms with Gasteiger partial charge in [0.25, 0.3) is 5.91 Å². The van der Waals surface area contributed by atoms with Crippen LogP contribution < -0.4 is 10.6 Å². The summed E-state index contributed by atoms with van der Waals surface area (Å²) in [6.45, 7) is 3.75. The Kier molecular flexibility index (Phi) is 4.14. The van der Waals surface area contributed by atoms with E-state index in [1.807, 2.05) is 46.8 Å². The zero-order valence-electron chi connectivity index (χ0n) is 14.9. The van der Waals surface area contributed by atoms with Crippen molar-refractivity contribution >= 4 is 17.5 Å². The molecule has 4 rings (SSSR count). The Morgan fingerprint density at radius 3 is 2.92 bits per heavy atom. The average molecular weight is 353 g/mol. The third-order valence-electron chi connectivity index (χ3n) is 5.21. The lowest BCUT2D eigenvalue weighted by molar-refractivity contribution is -0.133. The average Bonchev–Trinajstić information content (AvgIpc) is 3.04.